The molecule has 0 aliphatic carbocycles. The summed E-state index contributed by atoms with van der Waals surface area (Å²) >= 11 is 5.95. The molecule has 0 bridgehead atoms. The third-order valence-corrected chi connectivity index (χ3v) is 4.38. The predicted molar refractivity (Wildman–Crippen MR) is 104 cm³/mol. The molecule has 0 saturated heterocycles. The van der Waals surface area contributed by atoms with Gasteiger partial charge in [-0.1, -0.05) is 23.7 Å². The summed E-state index contributed by atoms with van der Waals surface area (Å²) < 4.78 is 10.9. The van der Waals surface area contributed by atoms with Crippen LogP contribution >= 0.6 is 11.6 Å². The number of carbonyl (C=O) groups is 2. The van der Waals surface area contributed by atoms with Crippen molar-refractivity contribution in [3.05, 3.63) is 58.1 Å². The van der Waals surface area contributed by atoms with Crippen molar-refractivity contribution in [2.24, 2.45) is 0 Å². The van der Waals surface area contributed by atoms with E-state index in [0.717, 1.165) is 11.1 Å². The fourth-order valence-electron chi connectivity index (χ4n) is 2.43. The minimum atomic E-state index is -0.772. The second-order valence-electron chi connectivity index (χ2n) is 6.13. The van der Waals surface area contributed by atoms with Gasteiger partial charge in [-0.15, -0.1) is 0 Å². The van der Waals surface area contributed by atoms with Crippen LogP contribution in [0.25, 0.3) is 0 Å². The number of methoxy groups -OCH3 is 1. The molecular formula is C20H23ClN2O4. The topological polar surface area (TPSA) is 76.7 Å². The Morgan fingerprint density at radius 1 is 1.11 bits per heavy atom. The van der Waals surface area contributed by atoms with Crippen molar-refractivity contribution < 1.29 is 19.1 Å². The van der Waals surface area contributed by atoms with Crippen LogP contribution < -0.4 is 20.3 Å². The van der Waals surface area contributed by atoms with E-state index >= 15 is 0 Å². The van der Waals surface area contributed by atoms with Gasteiger partial charge in [0.2, 0.25) is 5.91 Å². The lowest BCUT2D eigenvalue weighted by Gasteiger charge is -2.17. The summed E-state index contributed by atoms with van der Waals surface area (Å²) in [5.74, 6) is 0.324. The van der Waals surface area contributed by atoms with Gasteiger partial charge >= 0.3 is 0 Å². The zero-order valence-corrected chi connectivity index (χ0v) is 16.5. The molecule has 144 valence electrons. The molecule has 0 aromatic heterocycles. The SMILES string of the molecule is COc1ccc(Cl)cc1CC(=O)NNC(=O)[C@H](C)Oc1cccc(C)c1C. The molecule has 2 rings (SSSR count). The monoisotopic (exact) mass is 390 g/mol. The summed E-state index contributed by atoms with van der Waals surface area (Å²) in [6, 6.07) is 10.6. The second kappa shape index (κ2) is 9.28. The smallest absolute Gasteiger partial charge is 0.279 e. The lowest BCUT2D eigenvalue weighted by atomic mass is 10.1. The third-order valence-electron chi connectivity index (χ3n) is 4.15. The number of rotatable bonds is 6. The van der Waals surface area contributed by atoms with Crippen LogP contribution in [0.2, 0.25) is 5.02 Å². The third kappa shape index (κ3) is 5.62. The largest absolute Gasteiger partial charge is 0.496 e. The normalized spacial score (nSPS) is 11.4. The Morgan fingerprint density at radius 2 is 1.85 bits per heavy atom. The van der Waals surface area contributed by atoms with Gasteiger partial charge in [0.15, 0.2) is 6.10 Å². The molecule has 0 aliphatic heterocycles. The highest BCUT2D eigenvalue weighted by atomic mass is 35.5. The van der Waals surface area contributed by atoms with E-state index in [1.807, 2.05) is 26.0 Å². The van der Waals surface area contributed by atoms with E-state index in [0.29, 0.717) is 22.1 Å². The van der Waals surface area contributed by atoms with Gasteiger partial charge in [-0.2, -0.15) is 0 Å². The van der Waals surface area contributed by atoms with Crippen molar-refractivity contribution in [3.63, 3.8) is 0 Å². The zero-order valence-electron chi connectivity index (χ0n) is 15.8. The average Bonchev–Trinajstić information content (AvgIpc) is 2.63. The highest BCUT2D eigenvalue weighted by molar-refractivity contribution is 6.30. The molecule has 27 heavy (non-hydrogen) atoms. The Morgan fingerprint density at radius 3 is 2.56 bits per heavy atom. The van der Waals surface area contributed by atoms with Crippen LogP contribution in [0.3, 0.4) is 0 Å². The summed E-state index contributed by atoms with van der Waals surface area (Å²) in [7, 11) is 1.51. The molecule has 7 heteroatoms. The number of hydrogen-bond donors (Lipinski definition) is 2. The number of hydrazine groups is 1. The predicted octanol–water partition coefficient (Wildman–Crippen LogP) is 3.12. The van der Waals surface area contributed by atoms with Crippen LogP contribution in [0.4, 0.5) is 0 Å². The molecule has 2 N–H and O–H groups in total. The van der Waals surface area contributed by atoms with Crippen molar-refractivity contribution in [1.82, 2.24) is 10.9 Å². The summed E-state index contributed by atoms with van der Waals surface area (Å²) in [6.45, 7) is 5.51. The lowest BCUT2D eigenvalue weighted by molar-refractivity contribution is -0.132. The highest BCUT2D eigenvalue weighted by Gasteiger charge is 2.17. The number of benzene rings is 2. The summed E-state index contributed by atoms with van der Waals surface area (Å²) in [4.78, 5) is 24.3. The van der Waals surface area contributed by atoms with E-state index in [2.05, 4.69) is 10.9 Å². The molecule has 0 saturated carbocycles. The number of hydrogen-bond acceptors (Lipinski definition) is 4. The molecule has 0 spiro atoms. The molecule has 0 unspecified atom stereocenters. The zero-order chi connectivity index (χ0) is 20.0. The van der Waals surface area contributed by atoms with Crippen molar-refractivity contribution >= 4 is 23.4 Å². The van der Waals surface area contributed by atoms with Crippen LogP contribution in [0, 0.1) is 13.8 Å². The van der Waals surface area contributed by atoms with Crippen LogP contribution in [0.1, 0.15) is 23.6 Å². The van der Waals surface area contributed by atoms with E-state index in [-0.39, 0.29) is 6.42 Å². The molecule has 2 amide bonds. The molecule has 1 atom stereocenters. The lowest BCUT2D eigenvalue weighted by Crippen LogP contribution is -2.47. The summed E-state index contributed by atoms with van der Waals surface area (Å²) in [6.07, 6.45) is -0.762. The number of nitrogens with one attached hydrogen (secondary N) is 2. The van der Waals surface area contributed by atoms with Gasteiger partial charge in [0.05, 0.1) is 13.5 Å². The minimum absolute atomic E-state index is 0.0102. The number of aryl methyl sites for hydroxylation is 1. The molecule has 6 nitrogen and oxygen atoms in total. The van der Waals surface area contributed by atoms with Crippen molar-refractivity contribution in [1.29, 1.82) is 0 Å². The Kier molecular flexibility index (Phi) is 7.07. The Bertz CT molecular complexity index is 839. The van der Waals surface area contributed by atoms with Crippen LogP contribution in [-0.4, -0.2) is 25.0 Å². The Balaban J connectivity index is 1.90. The maximum absolute atomic E-state index is 12.2. The molecule has 2 aromatic rings. The number of amides is 2. The van der Waals surface area contributed by atoms with Gasteiger partial charge < -0.3 is 9.47 Å². The van der Waals surface area contributed by atoms with Crippen molar-refractivity contribution in [2.45, 2.75) is 33.3 Å². The fourth-order valence-corrected chi connectivity index (χ4v) is 2.63. The van der Waals surface area contributed by atoms with Crippen molar-refractivity contribution in [2.75, 3.05) is 7.11 Å². The van der Waals surface area contributed by atoms with E-state index in [9.17, 15) is 9.59 Å². The van der Waals surface area contributed by atoms with Gasteiger partial charge in [-0.3, -0.25) is 20.4 Å². The second-order valence-corrected chi connectivity index (χ2v) is 6.56. The van der Waals surface area contributed by atoms with Gasteiger partial charge in [-0.25, -0.2) is 0 Å². The fraction of sp³-hybridized carbons (Fsp3) is 0.300. The van der Waals surface area contributed by atoms with Gasteiger partial charge in [-0.05, 0) is 56.2 Å². The maximum atomic E-state index is 12.2. The first-order chi connectivity index (χ1) is 12.8. The number of halogens is 1. The van der Waals surface area contributed by atoms with E-state index in [1.165, 1.54) is 7.11 Å². The molecule has 0 aliphatic rings. The molecule has 0 radical (unpaired) electrons. The highest BCUT2D eigenvalue weighted by Crippen LogP contribution is 2.23. The average molecular weight is 391 g/mol. The molecular weight excluding hydrogens is 368 g/mol. The van der Waals surface area contributed by atoms with Crippen LogP contribution in [0.5, 0.6) is 11.5 Å². The van der Waals surface area contributed by atoms with Gasteiger partial charge in [0.1, 0.15) is 11.5 Å². The Hall–Kier alpha value is -2.73. The quantitative estimate of drug-likeness (QED) is 0.743. The van der Waals surface area contributed by atoms with E-state index < -0.39 is 17.9 Å². The Labute approximate surface area is 163 Å². The molecule has 0 heterocycles. The van der Waals surface area contributed by atoms with Gasteiger partial charge in [0, 0.05) is 10.6 Å². The summed E-state index contributed by atoms with van der Waals surface area (Å²) in [5, 5.41) is 0.498. The van der Waals surface area contributed by atoms with E-state index in [1.54, 1.807) is 31.2 Å². The number of carbonyl (C=O) groups excluding carboxylic acids is 2. The first-order valence-corrected chi connectivity index (χ1v) is 8.83. The van der Waals surface area contributed by atoms with Crippen LogP contribution in [-0.2, 0) is 16.0 Å². The molecule has 2 aromatic carbocycles. The molecule has 0 fully saturated rings. The first-order valence-electron chi connectivity index (χ1n) is 8.45. The minimum Gasteiger partial charge on any atom is -0.496 e. The van der Waals surface area contributed by atoms with Crippen LogP contribution in [0.15, 0.2) is 36.4 Å². The standard InChI is InChI=1S/C20H23ClN2O4/c1-12-6-5-7-17(13(12)2)27-14(3)20(25)23-22-19(24)11-15-10-16(21)8-9-18(15)26-4/h5-10,14H,11H2,1-4H3,(H,22,24)(H,23,25)/t14-/m0/s1. The van der Waals surface area contributed by atoms with Gasteiger partial charge in [0.25, 0.3) is 5.91 Å². The first kappa shape index (κ1) is 20.6. The van der Waals surface area contributed by atoms with Crippen molar-refractivity contribution in [3.8, 4) is 11.5 Å². The van der Waals surface area contributed by atoms with E-state index in [4.69, 9.17) is 21.1 Å². The number of ether oxygens (including phenoxy) is 2. The summed E-state index contributed by atoms with van der Waals surface area (Å²) in [5.41, 5.74) is 7.41. The maximum Gasteiger partial charge on any atom is 0.279 e.